The van der Waals surface area contributed by atoms with Crippen LogP contribution >= 0.6 is 24.0 Å². The van der Waals surface area contributed by atoms with Crippen LogP contribution in [0, 0.1) is 15.5 Å². The van der Waals surface area contributed by atoms with Crippen molar-refractivity contribution >= 4 is 35.6 Å². The molecule has 1 aliphatic heterocycles. The van der Waals surface area contributed by atoms with Crippen LogP contribution in [-0.2, 0) is 6.54 Å². The molecule has 7 heteroatoms. The molecule has 1 fully saturated rings. The highest BCUT2D eigenvalue weighted by Crippen LogP contribution is 2.46. The highest BCUT2D eigenvalue weighted by atomic mass is 127. The summed E-state index contributed by atoms with van der Waals surface area (Å²) >= 11 is 0. The van der Waals surface area contributed by atoms with Crippen molar-refractivity contribution in [1.82, 2.24) is 10.2 Å². The summed E-state index contributed by atoms with van der Waals surface area (Å²) in [6.07, 6.45) is 0. The number of benzene rings is 1. The van der Waals surface area contributed by atoms with Gasteiger partial charge in [-0.25, -0.2) is 4.99 Å². The monoisotopic (exact) mass is 446 g/mol. The summed E-state index contributed by atoms with van der Waals surface area (Å²) in [6.45, 7) is 12.9. The van der Waals surface area contributed by atoms with Crippen LogP contribution in [-0.4, -0.2) is 34.4 Å². The van der Waals surface area contributed by atoms with E-state index in [0.717, 1.165) is 19.0 Å². The normalized spacial score (nSPS) is 18.4. The van der Waals surface area contributed by atoms with Gasteiger partial charge in [0.2, 0.25) is 0 Å². The Hall–Kier alpha value is -1.38. The number of aliphatic imine (C=N–C) groups is 1. The van der Waals surface area contributed by atoms with Gasteiger partial charge in [-0.3, -0.25) is 10.1 Å². The SMILES string of the molecule is CCNC(=NCc1ccccc1[N+](=O)[O-])N1CC(C)(C)C1(C)C.I. The molecule has 24 heavy (non-hydrogen) atoms. The molecule has 1 saturated heterocycles. The Labute approximate surface area is 160 Å². The van der Waals surface area contributed by atoms with Gasteiger partial charge in [0.25, 0.3) is 5.69 Å². The van der Waals surface area contributed by atoms with Crippen molar-refractivity contribution in [3.63, 3.8) is 0 Å². The summed E-state index contributed by atoms with van der Waals surface area (Å²) in [4.78, 5) is 17.6. The maximum atomic E-state index is 11.1. The number of hydrogen-bond acceptors (Lipinski definition) is 3. The number of para-hydroxylation sites is 1. The molecule has 0 saturated carbocycles. The quantitative estimate of drug-likeness (QED) is 0.251. The standard InChI is InChI=1S/C17H26N4O2.HI/c1-6-18-15(20-12-16(2,3)17(20,4)5)19-11-13-9-7-8-10-14(13)21(22)23;/h7-10H,6,11-12H2,1-5H3,(H,18,19);1H. The molecule has 1 aromatic rings. The van der Waals surface area contributed by atoms with Crippen LogP contribution in [0.4, 0.5) is 5.69 Å². The van der Waals surface area contributed by atoms with E-state index in [1.807, 2.05) is 13.0 Å². The molecule has 0 amide bonds. The zero-order chi connectivity index (χ0) is 17.3. The van der Waals surface area contributed by atoms with Gasteiger partial charge in [-0.15, -0.1) is 24.0 Å². The highest BCUT2D eigenvalue weighted by Gasteiger charge is 2.53. The fraction of sp³-hybridized carbons (Fsp3) is 0.588. The van der Waals surface area contributed by atoms with E-state index in [4.69, 9.17) is 0 Å². The van der Waals surface area contributed by atoms with Gasteiger partial charge in [-0.1, -0.05) is 32.0 Å². The van der Waals surface area contributed by atoms with Gasteiger partial charge in [0, 0.05) is 30.1 Å². The van der Waals surface area contributed by atoms with Crippen molar-refractivity contribution in [2.24, 2.45) is 10.4 Å². The second-order valence-corrected chi connectivity index (χ2v) is 7.09. The fourth-order valence-electron chi connectivity index (χ4n) is 2.78. The lowest BCUT2D eigenvalue weighted by Gasteiger charge is -2.62. The molecular formula is C17H27IN4O2. The zero-order valence-electron chi connectivity index (χ0n) is 15.0. The lowest BCUT2D eigenvalue weighted by Crippen LogP contribution is -2.72. The largest absolute Gasteiger partial charge is 0.356 e. The fourth-order valence-corrected chi connectivity index (χ4v) is 2.78. The number of guanidine groups is 1. The predicted octanol–water partition coefficient (Wildman–Crippen LogP) is 3.80. The zero-order valence-corrected chi connectivity index (χ0v) is 17.3. The molecule has 134 valence electrons. The Morgan fingerprint density at radius 1 is 1.33 bits per heavy atom. The van der Waals surface area contributed by atoms with E-state index in [2.05, 4.69) is 42.9 Å². The second kappa shape index (κ2) is 7.67. The first-order chi connectivity index (χ1) is 10.7. The van der Waals surface area contributed by atoms with E-state index in [9.17, 15) is 10.1 Å². The average Bonchev–Trinajstić information content (AvgIpc) is 2.49. The molecule has 1 aliphatic rings. The van der Waals surface area contributed by atoms with Gasteiger partial charge in [-0.2, -0.15) is 0 Å². The van der Waals surface area contributed by atoms with Crippen LogP contribution < -0.4 is 5.32 Å². The van der Waals surface area contributed by atoms with Gasteiger partial charge in [0.1, 0.15) is 0 Å². The molecular weight excluding hydrogens is 419 g/mol. The van der Waals surface area contributed by atoms with Crippen molar-refractivity contribution in [3.8, 4) is 0 Å². The van der Waals surface area contributed by atoms with E-state index in [-0.39, 0.29) is 45.5 Å². The van der Waals surface area contributed by atoms with E-state index in [1.165, 1.54) is 6.07 Å². The summed E-state index contributed by atoms with van der Waals surface area (Å²) < 4.78 is 0. The number of hydrogen-bond donors (Lipinski definition) is 1. The third-order valence-electron chi connectivity index (χ3n) is 5.06. The number of nitrogens with one attached hydrogen (secondary N) is 1. The van der Waals surface area contributed by atoms with E-state index in [1.54, 1.807) is 12.1 Å². The first-order valence-electron chi connectivity index (χ1n) is 7.99. The Bertz CT molecular complexity index is 629. The van der Waals surface area contributed by atoms with E-state index < -0.39 is 0 Å². The lowest BCUT2D eigenvalue weighted by molar-refractivity contribution is -0.385. The summed E-state index contributed by atoms with van der Waals surface area (Å²) in [7, 11) is 0. The third-order valence-corrected chi connectivity index (χ3v) is 5.06. The van der Waals surface area contributed by atoms with Gasteiger partial charge in [0.15, 0.2) is 5.96 Å². The van der Waals surface area contributed by atoms with Crippen molar-refractivity contribution < 1.29 is 4.92 Å². The van der Waals surface area contributed by atoms with Crippen LogP contribution in [0.1, 0.15) is 40.2 Å². The van der Waals surface area contributed by atoms with Crippen LogP contribution in [0.25, 0.3) is 0 Å². The minimum Gasteiger partial charge on any atom is -0.356 e. The number of rotatable bonds is 4. The molecule has 1 heterocycles. The van der Waals surface area contributed by atoms with Crippen molar-refractivity contribution in [3.05, 3.63) is 39.9 Å². The molecule has 0 aliphatic carbocycles. The van der Waals surface area contributed by atoms with E-state index in [0.29, 0.717) is 12.1 Å². The van der Waals surface area contributed by atoms with Gasteiger partial charge in [0.05, 0.1) is 17.0 Å². The predicted molar refractivity (Wildman–Crippen MR) is 108 cm³/mol. The topological polar surface area (TPSA) is 70.8 Å². The first kappa shape index (κ1) is 20.7. The van der Waals surface area contributed by atoms with E-state index >= 15 is 0 Å². The lowest BCUT2D eigenvalue weighted by atomic mass is 9.65. The molecule has 0 atom stereocenters. The summed E-state index contributed by atoms with van der Waals surface area (Å²) in [5.74, 6) is 0.815. The minimum absolute atomic E-state index is 0. The maximum Gasteiger partial charge on any atom is 0.274 e. The Morgan fingerprint density at radius 2 is 1.96 bits per heavy atom. The van der Waals surface area contributed by atoms with Crippen LogP contribution in [0.5, 0.6) is 0 Å². The number of nitro groups is 1. The molecule has 0 bridgehead atoms. The van der Waals surface area contributed by atoms with Gasteiger partial charge in [-0.05, 0) is 20.8 Å². The number of likely N-dealkylation sites (tertiary alicyclic amines) is 1. The van der Waals surface area contributed by atoms with Crippen LogP contribution in [0.2, 0.25) is 0 Å². The summed E-state index contributed by atoms with van der Waals surface area (Å²) in [5, 5.41) is 14.4. The third kappa shape index (κ3) is 3.81. The van der Waals surface area contributed by atoms with Gasteiger partial charge >= 0.3 is 0 Å². The smallest absolute Gasteiger partial charge is 0.274 e. The number of halogens is 1. The second-order valence-electron chi connectivity index (χ2n) is 7.09. The van der Waals surface area contributed by atoms with Gasteiger partial charge < -0.3 is 10.2 Å². The Balaban J connectivity index is 0.00000288. The molecule has 1 N–H and O–H groups in total. The Morgan fingerprint density at radius 3 is 2.46 bits per heavy atom. The Kier molecular flexibility index (Phi) is 6.60. The molecule has 0 unspecified atom stereocenters. The molecule has 1 aromatic carbocycles. The average molecular weight is 446 g/mol. The number of nitrogens with zero attached hydrogens (tertiary/aromatic N) is 3. The molecule has 2 rings (SSSR count). The molecule has 0 aromatic heterocycles. The first-order valence-corrected chi connectivity index (χ1v) is 7.99. The van der Waals surface area contributed by atoms with Crippen molar-refractivity contribution in [2.45, 2.75) is 46.7 Å². The summed E-state index contributed by atoms with van der Waals surface area (Å²) in [6, 6.07) is 6.77. The molecule has 6 nitrogen and oxygen atoms in total. The minimum atomic E-state index is -0.353. The molecule has 0 radical (unpaired) electrons. The van der Waals surface area contributed by atoms with Crippen LogP contribution in [0.3, 0.4) is 0 Å². The molecule has 0 spiro atoms. The summed E-state index contributed by atoms with van der Waals surface area (Å²) in [5.41, 5.74) is 0.958. The van der Waals surface area contributed by atoms with Crippen LogP contribution in [0.15, 0.2) is 29.3 Å². The van der Waals surface area contributed by atoms with Crippen molar-refractivity contribution in [1.29, 1.82) is 0 Å². The number of nitro benzene ring substituents is 1. The maximum absolute atomic E-state index is 11.1. The van der Waals surface area contributed by atoms with Crippen molar-refractivity contribution in [2.75, 3.05) is 13.1 Å². The highest BCUT2D eigenvalue weighted by molar-refractivity contribution is 14.0.